The lowest BCUT2D eigenvalue weighted by Crippen LogP contribution is -2.42. The lowest BCUT2D eigenvalue weighted by Gasteiger charge is -2.34. The summed E-state index contributed by atoms with van der Waals surface area (Å²) in [5, 5.41) is 8.82. The second-order valence-electron chi connectivity index (χ2n) is 4.35. The molecule has 7 heteroatoms. The van der Waals surface area contributed by atoms with Crippen LogP contribution in [0.2, 0.25) is 0 Å². The van der Waals surface area contributed by atoms with Gasteiger partial charge in [-0.3, -0.25) is 4.98 Å². The van der Waals surface area contributed by atoms with Gasteiger partial charge in [0.15, 0.2) is 0 Å². The van der Waals surface area contributed by atoms with Crippen molar-refractivity contribution in [2.75, 3.05) is 18.0 Å². The fraction of sp³-hybridized carbons (Fsp3) is 0.636. The molecule has 2 rings (SSSR count). The highest BCUT2D eigenvalue weighted by Gasteiger charge is 2.42. The fourth-order valence-electron chi connectivity index (χ4n) is 2.05. The maximum Gasteiger partial charge on any atom is 0.393 e. The Kier molecular flexibility index (Phi) is 3.70. The molecule has 0 bridgehead atoms. The van der Waals surface area contributed by atoms with Gasteiger partial charge in [-0.15, -0.1) is 0 Å². The number of halogens is 3. The molecule has 100 valence electrons. The zero-order chi connectivity index (χ0) is 13.2. The number of hydrogen-bond donors (Lipinski definition) is 1. The Bertz CT molecular complexity index is 394. The zero-order valence-electron chi connectivity index (χ0n) is 9.69. The highest BCUT2D eigenvalue weighted by atomic mass is 19.4. The van der Waals surface area contributed by atoms with E-state index >= 15 is 0 Å². The maximum absolute atomic E-state index is 12.7. The van der Waals surface area contributed by atoms with E-state index < -0.39 is 12.1 Å². The van der Waals surface area contributed by atoms with E-state index in [1.165, 1.54) is 12.4 Å². The van der Waals surface area contributed by atoms with Gasteiger partial charge in [0, 0.05) is 13.1 Å². The molecule has 1 atom stereocenters. The van der Waals surface area contributed by atoms with Gasteiger partial charge < -0.3 is 10.0 Å². The largest absolute Gasteiger partial charge is 0.393 e. The molecular weight excluding hydrogens is 247 g/mol. The van der Waals surface area contributed by atoms with Crippen LogP contribution in [-0.4, -0.2) is 34.3 Å². The van der Waals surface area contributed by atoms with E-state index in [0.29, 0.717) is 24.5 Å². The average molecular weight is 261 g/mol. The molecule has 2 heterocycles. The van der Waals surface area contributed by atoms with Gasteiger partial charge >= 0.3 is 6.18 Å². The van der Waals surface area contributed by atoms with Crippen molar-refractivity contribution in [3.8, 4) is 0 Å². The summed E-state index contributed by atoms with van der Waals surface area (Å²) in [6.07, 6.45) is -0.705. The van der Waals surface area contributed by atoms with E-state index in [4.69, 9.17) is 5.11 Å². The summed E-state index contributed by atoms with van der Waals surface area (Å²) in [4.78, 5) is 9.54. The predicted molar refractivity (Wildman–Crippen MR) is 58.9 cm³/mol. The normalized spacial score (nSPS) is 21.1. The van der Waals surface area contributed by atoms with Crippen molar-refractivity contribution in [1.29, 1.82) is 0 Å². The molecule has 0 aliphatic carbocycles. The molecule has 1 N–H and O–H groups in total. The number of rotatable bonds is 2. The topological polar surface area (TPSA) is 49.3 Å². The SMILES string of the molecule is OCc1cnc(N2CCCC(C(F)(F)F)C2)cn1. The van der Waals surface area contributed by atoms with Crippen LogP contribution >= 0.6 is 0 Å². The second-order valence-corrected chi connectivity index (χ2v) is 4.35. The number of aromatic nitrogens is 2. The molecule has 18 heavy (non-hydrogen) atoms. The summed E-state index contributed by atoms with van der Waals surface area (Å²) >= 11 is 0. The van der Waals surface area contributed by atoms with Gasteiger partial charge in [-0.2, -0.15) is 13.2 Å². The Labute approximate surface area is 102 Å². The molecule has 0 radical (unpaired) electrons. The first-order valence-corrected chi connectivity index (χ1v) is 5.74. The number of aliphatic hydroxyl groups excluding tert-OH is 1. The van der Waals surface area contributed by atoms with E-state index in [1.807, 2.05) is 0 Å². The molecule has 1 aromatic heterocycles. The Balaban J connectivity index is 2.08. The van der Waals surface area contributed by atoms with Gasteiger partial charge in [-0.1, -0.05) is 0 Å². The van der Waals surface area contributed by atoms with Crippen molar-refractivity contribution in [2.45, 2.75) is 25.6 Å². The van der Waals surface area contributed by atoms with E-state index in [1.54, 1.807) is 4.90 Å². The van der Waals surface area contributed by atoms with Crippen LogP contribution in [0.5, 0.6) is 0 Å². The van der Waals surface area contributed by atoms with E-state index in [-0.39, 0.29) is 19.6 Å². The van der Waals surface area contributed by atoms with Crippen molar-refractivity contribution in [2.24, 2.45) is 5.92 Å². The minimum atomic E-state index is -4.16. The standard InChI is InChI=1S/C11H14F3N3O/c12-11(13,14)8-2-1-3-17(6-8)10-5-15-9(7-18)4-16-10/h4-5,8,18H,1-3,6-7H2. The Hall–Kier alpha value is -1.37. The van der Waals surface area contributed by atoms with Gasteiger partial charge in [0.1, 0.15) is 5.82 Å². The number of hydrogen-bond acceptors (Lipinski definition) is 4. The smallest absolute Gasteiger partial charge is 0.390 e. The fourth-order valence-corrected chi connectivity index (χ4v) is 2.05. The van der Waals surface area contributed by atoms with Crippen LogP contribution in [0.25, 0.3) is 0 Å². The summed E-state index contributed by atoms with van der Waals surface area (Å²) in [6.45, 7) is 0.259. The summed E-state index contributed by atoms with van der Waals surface area (Å²) in [7, 11) is 0. The van der Waals surface area contributed by atoms with Gasteiger partial charge in [0.2, 0.25) is 0 Å². The first kappa shape index (κ1) is 13.1. The van der Waals surface area contributed by atoms with Gasteiger partial charge in [-0.05, 0) is 12.8 Å². The first-order chi connectivity index (χ1) is 8.50. The van der Waals surface area contributed by atoms with Crippen LogP contribution in [-0.2, 0) is 6.61 Å². The summed E-state index contributed by atoms with van der Waals surface area (Å²) in [5.41, 5.74) is 0.406. The minimum Gasteiger partial charge on any atom is -0.390 e. The van der Waals surface area contributed by atoms with Gasteiger partial charge in [0.05, 0.1) is 30.6 Å². The third-order valence-electron chi connectivity index (χ3n) is 3.06. The second kappa shape index (κ2) is 5.09. The van der Waals surface area contributed by atoms with Crippen LogP contribution in [0.15, 0.2) is 12.4 Å². The molecule has 0 aromatic carbocycles. The lowest BCUT2D eigenvalue weighted by molar-refractivity contribution is -0.176. The van der Waals surface area contributed by atoms with Crippen molar-refractivity contribution < 1.29 is 18.3 Å². The van der Waals surface area contributed by atoms with Crippen molar-refractivity contribution >= 4 is 5.82 Å². The molecule has 1 saturated heterocycles. The number of aliphatic hydroxyl groups is 1. The molecule has 4 nitrogen and oxygen atoms in total. The van der Waals surface area contributed by atoms with Crippen LogP contribution in [0.4, 0.5) is 19.0 Å². The summed E-state index contributed by atoms with van der Waals surface area (Å²) < 4.78 is 38.0. The number of piperidine rings is 1. The number of nitrogens with zero attached hydrogens (tertiary/aromatic N) is 3. The van der Waals surface area contributed by atoms with Crippen LogP contribution in [0, 0.1) is 5.92 Å². The van der Waals surface area contributed by atoms with E-state index in [9.17, 15) is 13.2 Å². The predicted octanol–water partition coefficient (Wildman–Crippen LogP) is 1.75. The summed E-state index contributed by atoms with van der Waals surface area (Å²) in [5.74, 6) is -0.869. The van der Waals surface area contributed by atoms with Crippen molar-refractivity contribution in [3.05, 3.63) is 18.1 Å². The molecule has 0 spiro atoms. The zero-order valence-corrected chi connectivity index (χ0v) is 9.69. The molecular formula is C11H14F3N3O. The van der Waals surface area contributed by atoms with Gasteiger partial charge in [0.25, 0.3) is 0 Å². The van der Waals surface area contributed by atoms with Gasteiger partial charge in [-0.25, -0.2) is 4.98 Å². The third-order valence-corrected chi connectivity index (χ3v) is 3.06. The first-order valence-electron chi connectivity index (χ1n) is 5.74. The number of anilines is 1. The highest BCUT2D eigenvalue weighted by Crippen LogP contribution is 2.34. The highest BCUT2D eigenvalue weighted by molar-refractivity contribution is 5.36. The van der Waals surface area contributed by atoms with Crippen molar-refractivity contribution in [1.82, 2.24) is 9.97 Å². The number of alkyl halides is 3. The minimum absolute atomic E-state index is 0.0728. The van der Waals surface area contributed by atoms with Crippen LogP contribution < -0.4 is 4.90 Å². The Morgan fingerprint density at radius 3 is 2.67 bits per heavy atom. The molecule has 0 saturated carbocycles. The lowest BCUT2D eigenvalue weighted by atomic mass is 9.97. The van der Waals surface area contributed by atoms with E-state index in [0.717, 1.165) is 0 Å². The molecule has 1 aliphatic heterocycles. The molecule has 1 fully saturated rings. The quantitative estimate of drug-likeness (QED) is 0.881. The molecule has 0 amide bonds. The average Bonchev–Trinajstić information content (AvgIpc) is 2.38. The summed E-state index contributed by atoms with van der Waals surface area (Å²) in [6, 6.07) is 0. The van der Waals surface area contributed by atoms with Crippen LogP contribution in [0.3, 0.4) is 0 Å². The van der Waals surface area contributed by atoms with Crippen LogP contribution in [0.1, 0.15) is 18.5 Å². The molecule has 1 unspecified atom stereocenters. The monoisotopic (exact) mass is 261 g/mol. The molecule has 1 aliphatic rings. The maximum atomic E-state index is 12.7. The van der Waals surface area contributed by atoms with E-state index in [2.05, 4.69) is 9.97 Å². The Morgan fingerprint density at radius 1 is 1.33 bits per heavy atom. The van der Waals surface area contributed by atoms with Crippen molar-refractivity contribution in [3.63, 3.8) is 0 Å². The molecule has 1 aromatic rings. The Morgan fingerprint density at radius 2 is 2.11 bits per heavy atom. The third kappa shape index (κ3) is 2.90.